The Kier molecular flexibility index (Phi) is 5.64. The van der Waals surface area contributed by atoms with Crippen molar-refractivity contribution in [2.75, 3.05) is 0 Å². The number of aryl methyl sites for hydroxylation is 1. The first-order valence-corrected chi connectivity index (χ1v) is 8.36. The van der Waals surface area contributed by atoms with E-state index in [0.29, 0.717) is 17.2 Å². The minimum Gasteiger partial charge on any atom is -0.508 e. The van der Waals surface area contributed by atoms with Gasteiger partial charge >= 0.3 is 0 Å². The summed E-state index contributed by atoms with van der Waals surface area (Å²) < 4.78 is 18.5. The Bertz CT molecular complexity index is 1000. The lowest BCUT2D eigenvalue weighted by molar-refractivity contribution is -0.384. The van der Waals surface area contributed by atoms with Crippen molar-refractivity contribution in [3.8, 4) is 17.1 Å². The van der Waals surface area contributed by atoms with Gasteiger partial charge in [-0.15, -0.1) is 0 Å². The number of phenolic OH excluding ortho intramolecular Hbond substituents is 1. The van der Waals surface area contributed by atoms with E-state index >= 15 is 0 Å². The molecule has 1 heterocycles. The van der Waals surface area contributed by atoms with E-state index in [2.05, 4.69) is 10.3 Å². The highest BCUT2D eigenvalue weighted by atomic mass is 19.1. The lowest BCUT2D eigenvalue weighted by Gasteiger charge is -2.06. The monoisotopic (exact) mass is 385 g/mol. The number of amides is 1. The Labute approximate surface area is 158 Å². The summed E-state index contributed by atoms with van der Waals surface area (Å²) in [7, 11) is 0. The molecular weight excluding hydrogens is 369 g/mol. The van der Waals surface area contributed by atoms with E-state index in [4.69, 9.17) is 4.42 Å². The largest absolute Gasteiger partial charge is 0.508 e. The van der Waals surface area contributed by atoms with Gasteiger partial charge in [-0.25, -0.2) is 9.37 Å². The first kappa shape index (κ1) is 19.0. The summed E-state index contributed by atoms with van der Waals surface area (Å²) in [5.41, 5.74) is 0.748. The zero-order valence-corrected chi connectivity index (χ0v) is 14.6. The molecular formula is C19H16FN3O5. The van der Waals surface area contributed by atoms with E-state index < -0.39 is 4.92 Å². The fourth-order valence-corrected chi connectivity index (χ4v) is 2.50. The topological polar surface area (TPSA) is 119 Å². The highest BCUT2D eigenvalue weighted by Gasteiger charge is 2.12. The average Bonchev–Trinajstić information content (AvgIpc) is 3.15. The minimum absolute atomic E-state index is 0.0429. The van der Waals surface area contributed by atoms with Crippen LogP contribution in [-0.4, -0.2) is 20.9 Å². The van der Waals surface area contributed by atoms with Gasteiger partial charge < -0.3 is 14.8 Å². The molecule has 2 N–H and O–H groups in total. The number of benzene rings is 2. The second kappa shape index (κ2) is 8.30. The van der Waals surface area contributed by atoms with Crippen LogP contribution >= 0.6 is 0 Å². The Hall–Kier alpha value is -3.75. The lowest BCUT2D eigenvalue weighted by Crippen LogP contribution is -2.23. The van der Waals surface area contributed by atoms with Gasteiger partial charge in [0.25, 0.3) is 5.69 Å². The summed E-state index contributed by atoms with van der Waals surface area (Å²) in [6, 6.07) is 9.36. The predicted octanol–water partition coefficient (Wildman–Crippen LogP) is 3.34. The molecule has 0 unspecified atom stereocenters. The number of hydrogen-bond donors (Lipinski definition) is 2. The molecule has 2 aromatic carbocycles. The van der Waals surface area contributed by atoms with Crippen molar-refractivity contribution in [1.82, 2.24) is 10.3 Å². The highest BCUT2D eigenvalue weighted by molar-refractivity contribution is 5.76. The average molecular weight is 385 g/mol. The summed E-state index contributed by atoms with van der Waals surface area (Å²) >= 11 is 0. The number of nitrogens with one attached hydrogen (secondary N) is 1. The van der Waals surface area contributed by atoms with Crippen LogP contribution in [-0.2, 0) is 17.8 Å². The van der Waals surface area contributed by atoms with Crippen molar-refractivity contribution < 1.29 is 23.6 Å². The first-order valence-electron chi connectivity index (χ1n) is 8.36. The van der Waals surface area contributed by atoms with Crippen LogP contribution in [0.3, 0.4) is 0 Å². The number of carbonyl (C=O) groups is 1. The summed E-state index contributed by atoms with van der Waals surface area (Å²) in [6.07, 6.45) is 1.83. The standard InChI is InChI=1S/C19H16FN3O5/c20-14-3-1-12(2-4-14)17-11-22-19(28-17)8-7-18(25)21-10-13-9-15(23(26)27)5-6-16(13)24/h1-6,9,11,24H,7-8,10H2,(H,21,25). The molecule has 28 heavy (non-hydrogen) atoms. The number of carbonyl (C=O) groups excluding carboxylic acids is 1. The molecule has 1 amide bonds. The van der Waals surface area contributed by atoms with E-state index in [1.54, 1.807) is 12.1 Å². The number of aromatic nitrogens is 1. The van der Waals surface area contributed by atoms with Gasteiger partial charge in [-0.1, -0.05) is 0 Å². The zero-order valence-electron chi connectivity index (χ0n) is 14.6. The van der Waals surface area contributed by atoms with Crippen LogP contribution in [0.4, 0.5) is 10.1 Å². The summed E-state index contributed by atoms with van der Waals surface area (Å²) in [5, 5.41) is 23.1. The van der Waals surface area contributed by atoms with Crippen molar-refractivity contribution >= 4 is 11.6 Å². The molecule has 1 aromatic heterocycles. The molecule has 144 valence electrons. The molecule has 9 heteroatoms. The molecule has 0 radical (unpaired) electrons. The first-order chi connectivity index (χ1) is 13.4. The van der Waals surface area contributed by atoms with Crippen LogP contribution in [0.25, 0.3) is 11.3 Å². The molecule has 0 atom stereocenters. The Balaban J connectivity index is 1.53. The van der Waals surface area contributed by atoms with E-state index in [1.165, 1.54) is 36.5 Å². The number of phenols is 1. The molecule has 0 saturated heterocycles. The van der Waals surface area contributed by atoms with Crippen LogP contribution in [0.2, 0.25) is 0 Å². The van der Waals surface area contributed by atoms with Crippen molar-refractivity contribution in [3.63, 3.8) is 0 Å². The maximum Gasteiger partial charge on any atom is 0.270 e. The van der Waals surface area contributed by atoms with Gasteiger partial charge in [-0.3, -0.25) is 14.9 Å². The third-order valence-electron chi connectivity index (χ3n) is 4.00. The van der Waals surface area contributed by atoms with Crippen LogP contribution in [0.15, 0.2) is 53.1 Å². The van der Waals surface area contributed by atoms with Gasteiger partial charge in [0.2, 0.25) is 5.91 Å². The van der Waals surface area contributed by atoms with Gasteiger partial charge in [-0.05, 0) is 30.3 Å². The molecule has 0 aliphatic rings. The number of oxazole rings is 1. The number of non-ortho nitro benzene ring substituents is 1. The van der Waals surface area contributed by atoms with Gasteiger partial charge in [0.1, 0.15) is 11.6 Å². The number of nitrogens with zero attached hydrogens (tertiary/aromatic N) is 2. The number of nitro groups is 1. The normalized spacial score (nSPS) is 10.6. The summed E-state index contributed by atoms with van der Waals surface area (Å²) in [6.45, 7) is -0.0429. The molecule has 0 fully saturated rings. The van der Waals surface area contributed by atoms with E-state index in [0.717, 1.165) is 0 Å². The van der Waals surface area contributed by atoms with E-state index in [-0.39, 0.29) is 48.1 Å². The van der Waals surface area contributed by atoms with E-state index in [9.17, 15) is 24.4 Å². The number of nitro benzene ring substituents is 1. The molecule has 3 aromatic rings. The highest BCUT2D eigenvalue weighted by Crippen LogP contribution is 2.23. The molecule has 3 rings (SSSR count). The van der Waals surface area contributed by atoms with E-state index in [1.807, 2.05) is 0 Å². The van der Waals surface area contributed by atoms with Crippen molar-refractivity contribution in [2.45, 2.75) is 19.4 Å². The zero-order chi connectivity index (χ0) is 20.1. The van der Waals surface area contributed by atoms with Crippen LogP contribution in [0.5, 0.6) is 5.75 Å². The molecule has 0 bridgehead atoms. The summed E-state index contributed by atoms with van der Waals surface area (Å²) in [4.78, 5) is 26.3. The lowest BCUT2D eigenvalue weighted by atomic mass is 10.1. The smallest absolute Gasteiger partial charge is 0.270 e. The number of rotatable bonds is 7. The Morgan fingerprint density at radius 2 is 2.00 bits per heavy atom. The van der Waals surface area contributed by atoms with Gasteiger partial charge in [-0.2, -0.15) is 0 Å². The maximum atomic E-state index is 13.0. The van der Waals surface area contributed by atoms with Gasteiger partial charge in [0.05, 0.1) is 11.1 Å². The fourth-order valence-electron chi connectivity index (χ4n) is 2.50. The van der Waals surface area contributed by atoms with Crippen molar-refractivity contribution in [2.24, 2.45) is 0 Å². The number of aromatic hydroxyl groups is 1. The SMILES string of the molecule is O=C(CCc1ncc(-c2ccc(F)cc2)o1)NCc1cc([N+](=O)[O-])ccc1O. The van der Waals surface area contributed by atoms with Crippen molar-refractivity contribution in [1.29, 1.82) is 0 Å². The Morgan fingerprint density at radius 3 is 2.71 bits per heavy atom. The number of halogens is 1. The second-order valence-corrected chi connectivity index (χ2v) is 5.97. The fraction of sp³-hybridized carbons (Fsp3) is 0.158. The van der Waals surface area contributed by atoms with Crippen LogP contribution in [0, 0.1) is 15.9 Å². The third kappa shape index (κ3) is 4.70. The van der Waals surface area contributed by atoms with Crippen LogP contribution in [0.1, 0.15) is 17.9 Å². The van der Waals surface area contributed by atoms with Crippen LogP contribution < -0.4 is 5.32 Å². The quantitative estimate of drug-likeness (QED) is 0.476. The molecule has 8 nitrogen and oxygen atoms in total. The third-order valence-corrected chi connectivity index (χ3v) is 4.00. The second-order valence-electron chi connectivity index (χ2n) is 5.97. The molecule has 0 aliphatic carbocycles. The van der Waals surface area contributed by atoms with Crippen molar-refractivity contribution in [3.05, 3.63) is 76.0 Å². The van der Waals surface area contributed by atoms with Gasteiger partial charge in [0, 0.05) is 42.6 Å². The molecule has 0 aliphatic heterocycles. The molecule has 0 saturated carbocycles. The summed E-state index contributed by atoms with van der Waals surface area (Å²) in [5.74, 6) is 0.00882. The number of hydrogen-bond acceptors (Lipinski definition) is 6. The Morgan fingerprint density at radius 1 is 1.25 bits per heavy atom. The maximum absolute atomic E-state index is 13.0. The predicted molar refractivity (Wildman–Crippen MR) is 96.8 cm³/mol. The minimum atomic E-state index is -0.577. The molecule has 0 spiro atoms. The van der Waals surface area contributed by atoms with Gasteiger partial charge in [0.15, 0.2) is 11.7 Å².